The summed E-state index contributed by atoms with van der Waals surface area (Å²) in [6, 6.07) is 6.77. The molecule has 1 aromatic rings. The zero-order chi connectivity index (χ0) is 14.5. The maximum atomic E-state index is 13.0. The van der Waals surface area contributed by atoms with Crippen molar-refractivity contribution in [1.82, 2.24) is 5.32 Å². The van der Waals surface area contributed by atoms with Crippen LogP contribution in [0.3, 0.4) is 0 Å². The molecule has 19 heavy (non-hydrogen) atoms. The zero-order valence-corrected chi connectivity index (χ0v) is 10.1. The molecule has 0 bridgehead atoms. The molecule has 0 heterocycles. The van der Waals surface area contributed by atoms with E-state index >= 15 is 0 Å². The van der Waals surface area contributed by atoms with Gasteiger partial charge in [0.25, 0.3) is 0 Å². The number of nitrogens with one attached hydrogen (secondary N) is 1. The van der Waals surface area contributed by atoms with Crippen molar-refractivity contribution in [2.45, 2.75) is 18.2 Å². The Balaban J connectivity index is 2.90. The molecule has 1 aromatic carbocycles. The minimum absolute atomic E-state index is 0.254. The van der Waals surface area contributed by atoms with Gasteiger partial charge in [0, 0.05) is 13.0 Å². The molecule has 1 rings (SSSR count). The number of hydrogen-bond donors (Lipinski definition) is 2. The van der Waals surface area contributed by atoms with Crippen LogP contribution in [-0.2, 0) is 10.4 Å². The topological polar surface area (TPSA) is 49.3 Å². The Morgan fingerprint density at radius 1 is 1.32 bits per heavy atom. The third-order valence-electron chi connectivity index (χ3n) is 2.69. The number of aliphatic hydroxyl groups is 1. The van der Waals surface area contributed by atoms with Crippen molar-refractivity contribution in [3.05, 3.63) is 48.6 Å². The van der Waals surface area contributed by atoms with Crippen LogP contribution in [-0.4, -0.2) is 23.7 Å². The molecule has 104 valence electrons. The predicted octanol–water partition coefficient (Wildman–Crippen LogP) is 2.13. The summed E-state index contributed by atoms with van der Waals surface area (Å²) in [7, 11) is 0. The average molecular weight is 273 g/mol. The number of amides is 1. The van der Waals surface area contributed by atoms with Crippen molar-refractivity contribution in [1.29, 1.82) is 0 Å². The molecule has 0 aliphatic rings. The molecule has 0 radical (unpaired) electrons. The molecule has 0 saturated heterocycles. The molecule has 6 heteroatoms. The van der Waals surface area contributed by atoms with Crippen LogP contribution in [0.4, 0.5) is 13.2 Å². The molecule has 3 nitrogen and oxygen atoms in total. The van der Waals surface area contributed by atoms with Gasteiger partial charge in [-0.3, -0.25) is 4.79 Å². The van der Waals surface area contributed by atoms with Gasteiger partial charge in [-0.15, -0.1) is 0 Å². The highest BCUT2D eigenvalue weighted by Crippen LogP contribution is 2.41. The SMILES string of the molecule is C=CC(=O)NCC[C@@](O)(c1ccccc1)C(F)(F)F. The van der Waals surface area contributed by atoms with Crippen LogP contribution in [0, 0.1) is 0 Å². The van der Waals surface area contributed by atoms with Crippen LogP contribution in [0.15, 0.2) is 43.0 Å². The Morgan fingerprint density at radius 2 is 1.89 bits per heavy atom. The molecular formula is C13H14F3NO2. The summed E-state index contributed by atoms with van der Waals surface area (Å²) in [5, 5.41) is 12.1. The van der Waals surface area contributed by atoms with Gasteiger partial charge in [-0.05, 0) is 11.6 Å². The molecule has 0 aliphatic heterocycles. The second-order valence-corrected chi connectivity index (χ2v) is 3.97. The highest BCUT2D eigenvalue weighted by molar-refractivity contribution is 5.86. The maximum Gasteiger partial charge on any atom is 0.421 e. The van der Waals surface area contributed by atoms with E-state index in [1.54, 1.807) is 6.07 Å². The van der Waals surface area contributed by atoms with Crippen LogP contribution >= 0.6 is 0 Å². The second kappa shape index (κ2) is 5.88. The molecule has 0 saturated carbocycles. The number of carbonyl (C=O) groups is 1. The first-order valence-corrected chi connectivity index (χ1v) is 5.56. The summed E-state index contributed by atoms with van der Waals surface area (Å²) in [6.07, 6.45) is -4.54. The maximum absolute atomic E-state index is 13.0. The number of alkyl halides is 3. The fourth-order valence-electron chi connectivity index (χ4n) is 1.60. The van der Waals surface area contributed by atoms with Crippen molar-refractivity contribution in [3.63, 3.8) is 0 Å². The van der Waals surface area contributed by atoms with E-state index in [4.69, 9.17) is 0 Å². The first kappa shape index (κ1) is 15.2. The second-order valence-electron chi connectivity index (χ2n) is 3.97. The summed E-state index contributed by atoms with van der Waals surface area (Å²) in [5.41, 5.74) is -3.24. The first-order valence-electron chi connectivity index (χ1n) is 5.56. The van der Waals surface area contributed by atoms with Gasteiger partial charge in [0.1, 0.15) is 0 Å². The van der Waals surface area contributed by atoms with E-state index in [1.165, 1.54) is 24.3 Å². The third-order valence-corrected chi connectivity index (χ3v) is 2.69. The van der Waals surface area contributed by atoms with Gasteiger partial charge >= 0.3 is 6.18 Å². The predicted molar refractivity (Wildman–Crippen MR) is 64.2 cm³/mol. The summed E-state index contributed by atoms with van der Waals surface area (Å²) in [5.74, 6) is -0.586. The lowest BCUT2D eigenvalue weighted by atomic mass is 9.89. The largest absolute Gasteiger partial charge is 0.421 e. The van der Waals surface area contributed by atoms with E-state index in [2.05, 4.69) is 11.9 Å². The smallest absolute Gasteiger partial charge is 0.376 e. The van der Waals surface area contributed by atoms with Gasteiger partial charge in [0.2, 0.25) is 5.91 Å². The number of hydrogen-bond acceptors (Lipinski definition) is 2. The van der Waals surface area contributed by atoms with Crippen molar-refractivity contribution in [2.24, 2.45) is 0 Å². The van der Waals surface area contributed by atoms with Crippen LogP contribution < -0.4 is 5.32 Å². The lowest BCUT2D eigenvalue weighted by Gasteiger charge is -2.31. The van der Waals surface area contributed by atoms with Gasteiger partial charge < -0.3 is 10.4 Å². The summed E-state index contributed by atoms with van der Waals surface area (Å²) < 4.78 is 39.0. The van der Waals surface area contributed by atoms with E-state index in [0.717, 1.165) is 6.08 Å². The van der Waals surface area contributed by atoms with E-state index in [9.17, 15) is 23.1 Å². The summed E-state index contributed by atoms with van der Waals surface area (Å²) >= 11 is 0. The monoisotopic (exact) mass is 273 g/mol. The van der Waals surface area contributed by atoms with Gasteiger partial charge in [0.15, 0.2) is 5.60 Å². The van der Waals surface area contributed by atoms with Crippen LogP contribution in [0.25, 0.3) is 0 Å². The van der Waals surface area contributed by atoms with Gasteiger partial charge in [-0.2, -0.15) is 13.2 Å². The zero-order valence-electron chi connectivity index (χ0n) is 10.1. The standard InChI is InChI=1S/C13H14F3NO2/c1-2-11(18)17-9-8-12(19,13(14,15)16)10-6-4-3-5-7-10/h2-7,19H,1,8-9H2,(H,17,18)/t12-/m1/s1. The Hall–Kier alpha value is -1.82. The number of benzene rings is 1. The minimum Gasteiger partial charge on any atom is -0.376 e. The summed E-state index contributed by atoms with van der Waals surface area (Å²) in [6.45, 7) is 2.88. The average Bonchev–Trinajstić information content (AvgIpc) is 2.38. The van der Waals surface area contributed by atoms with Gasteiger partial charge in [-0.25, -0.2) is 0 Å². The quantitative estimate of drug-likeness (QED) is 0.807. The highest BCUT2D eigenvalue weighted by Gasteiger charge is 2.54. The molecule has 1 atom stereocenters. The molecule has 0 spiro atoms. The van der Waals surface area contributed by atoms with Gasteiger partial charge in [0.05, 0.1) is 0 Å². The van der Waals surface area contributed by atoms with Crippen molar-refractivity contribution in [3.8, 4) is 0 Å². The van der Waals surface area contributed by atoms with Crippen LogP contribution in [0.2, 0.25) is 0 Å². The molecule has 1 amide bonds. The number of carbonyl (C=O) groups excluding carboxylic acids is 1. The van der Waals surface area contributed by atoms with E-state index in [-0.39, 0.29) is 12.1 Å². The molecular weight excluding hydrogens is 259 g/mol. The van der Waals surface area contributed by atoms with Crippen LogP contribution in [0.1, 0.15) is 12.0 Å². The van der Waals surface area contributed by atoms with E-state index < -0.39 is 24.1 Å². The molecule has 0 unspecified atom stereocenters. The fraction of sp³-hybridized carbons (Fsp3) is 0.308. The number of rotatable bonds is 5. The fourth-order valence-corrected chi connectivity index (χ4v) is 1.60. The Morgan fingerprint density at radius 3 is 2.37 bits per heavy atom. The van der Waals surface area contributed by atoms with E-state index in [1.807, 2.05) is 0 Å². The molecule has 0 aliphatic carbocycles. The lowest BCUT2D eigenvalue weighted by Crippen LogP contribution is -2.44. The molecule has 0 fully saturated rings. The summed E-state index contributed by atoms with van der Waals surface area (Å²) in [4.78, 5) is 10.9. The Bertz CT molecular complexity index is 445. The first-order chi connectivity index (χ1) is 8.81. The molecule has 0 aromatic heterocycles. The van der Waals surface area contributed by atoms with Gasteiger partial charge in [-0.1, -0.05) is 36.9 Å². The normalized spacial score (nSPS) is 14.5. The van der Waals surface area contributed by atoms with Crippen molar-refractivity contribution in [2.75, 3.05) is 6.54 Å². The minimum atomic E-state index is -4.83. The van der Waals surface area contributed by atoms with Crippen molar-refractivity contribution >= 4 is 5.91 Å². The van der Waals surface area contributed by atoms with Crippen LogP contribution in [0.5, 0.6) is 0 Å². The number of halogens is 3. The van der Waals surface area contributed by atoms with E-state index in [0.29, 0.717) is 0 Å². The Labute approximate surface area is 108 Å². The lowest BCUT2D eigenvalue weighted by molar-refractivity contribution is -0.268. The van der Waals surface area contributed by atoms with Crippen molar-refractivity contribution < 1.29 is 23.1 Å². The highest BCUT2D eigenvalue weighted by atomic mass is 19.4. The Kier molecular flexibility index (Phi) is 4.72. The third kappa shape index (κ3) is 3.57. The molecule has 2 N–H and O–H groups in total.